The number of aryl methyl sites for hydroxylation is 1. The van der Waals surface area contributed by atoms with E-state index in [1.54, 1.807) is 23.1 Å². The maximum atomic E-state index is 12.5. The zero-order valence-corrected chi connectivity index (χ0v) is 15.4. The highest BCUT2D eigenvalue weighted by molar-refractivity contribution is 9.10. The predicted molar refractivity (Wildman–Crippen MR) is 99.4 cm³/mol. The molecule has 1 saturated heterocycles. The Labute approximate surface area is 153 Å². The molecule has 1 aliphatic heterocycles. The SMILES string of the molecule is Cc1cccc(N2C[C@@H](C(=O)Nc3ccc(Br)cc3Cl)CC2=O)c1. The lowest BCUT2D eigenvalue weighted by molar-refractivity contribution is -0.122. The van der Waals surface area contributed by atoms with Gasteiger partial charge in [-0.05, 0) is 42.8 Å². The van der Waals surface area contributed by atoms with E-state index in [0.29, 0.717) is 17.3 Å². The van der Waals surface area contributed by atoms with Crippen molar-refractivity contribution in [2.75, 3.05) is 16.8 Å². The fourth-order valence-electron chi connectivity index (χ4n) is 2.75. The molecule has 2 aromatic rings. The van der Waals surface area contributed by atoms with Crippen LogP contribution in [0, 0.1) is 12.8 Å². The van der Waals surface area contributed by atoms with Crippen molar-refractivity contribution in [1.29, 1.82) is 0 Å². The Morgan fingerprint density at radius 1 is 1.29 bits per heavy atom. The fourth-order valence-corrected chi connectivity index (χ4v) is 3.47. The van der Waals surface area contributed by atoms with Crippen LogP contribution in [0.25, 0.3) is 0 Å². The van der Waals surface area contributed by atoms with Gasteiger partial charge in [-0.15, -0.1) is 0 Å². The second-order valence-electron chi connectivity index (χ2n) is 5.86. The molecule has 0 unspecified atom stereocenters. The maximum absolute atomic E-state index is 12.5. The standard InChI is InChI=1S/C18H16BrClN2O2/c1-11-3-2-4-14(7-11)22-10-12(8-17(22)23)18(24)21-16-6-5-13(19)9-15(16)20/h2-7,9,12H,8,10H2,1H3,(H,21,24)/t12-/m0/s1. The summed E-state index contributed by atoms with van der Waals surface area (Å²) in [4.78, 5) is 26.4. The third-order valence-electron chi connectivity index (χ3n) is 4.00. The van der Waals surface area contributed by atoms with Crippen molar-refractivity contribution in [3.63, 3.8) is 0 Å². The summed E-state index contributed by atoms with van der Waals surface area (Å²) in [5, 5.41) is 3.27. The zero-order valence-electron chi connectivity index (χ0n) is 13.1. The van der Waals surface area contributed by atoms with Crippen molar-refractivity contribution >= 4 is 50.7 Å². The van der Waals surface area contributed by atoms with Gasteiger partial charge < -0.3 is 10.2 Å². The van der Waals surface area contributed by atoms with E-state index in [1.807, 2.05) is 31.2 Å². The molecule has 3 rings (SSSR count). The normalized spacial score (nSPS) is 17.2. The first-order valence-electron chi connectivity index (χ1n) is 7.57. The van der Waals surface area contributed by atoms with Gasteiger partial charge in [0.15, 0.2) is 0 Å². The number of carbonyl (C=O) groups is 2. The Hall–Kier alpha value is -1.85. The van der Waals surface area contributed by atoms with Gasteiger partial charge in [-0.2, -0.15) is 0 Å². The van der Waals surface area contributed by atoms with Crippen LogP contribution in [-0.4, -0.2) is 18.4 Å². The summed E-state index contributed by atoms with van der Waals surface area (Å²) in [7, 11) is 0. The van der Waals surface area contributed by atoms with Gasteiger partial charge in [0.2, 0.25) is 11.8 Å². The van der Waals surface area contributed by atoms with E-state index in [9.17, 15) is 9.59 Å². The van der Waals surface area contributed by atoms with E-state index in [2.05, 4.69) is 21.2 Å². The molecule has 24 heavy (non-hydrogen) atoms. The Morgan fingerprint density at radius 2 is 2.08 bits per heavy atom. The molecule has 0 bridgehead atoms. The quantitative estimate of drug-likeness (QED) is 0.819. The van der Waals surface area contributed by atoms with Crippen LogP contribution in [0.3, 0.4) is 0 Å². The van der Waals surface area contributed by atoms with E-state index in [-0.39, 0.29) is 18.2 Å². The number of hydrogen-bond acceptors (Lipinski definition) is 2. The number of hydrogen-bond donors (Lipinski definition) is 1. The first kappa shape index (κ1) is 17.0. The molecule has 1 heterocycles. The number of benzene rings is 2. The van der Waals surface area contributed by atoms with Crippen LogP contribution in [-0.2, 0) is 9.59 Å². The fraction of sp³-hybridized carbons (Fsp3) is 0.222. The van der Waals surface area contributed by atoms with Gasteiger partial charge in [-0.3, -0.25) is 9.59 Å². The van der Waals surface area contributed by atoms with E-state index in [0.717, 1.165) is 15.7 Å². The predicted octanol–water partition coefficient (Wildman–Crippen LogP) is 4.40. The van der Waals surface area contributed by atoms with Crippen LogP contribution in [0.15, 0.2) is 46.9 Å². The molecule has 0 aliphatic carbocycles. The highest BCUT2D eigenvalue weighted by Crippen LogP contribution is 2.29. The zero-order chi connectivity index (χ0) is 17.3. The first-order valence-corrected chi connectivity index (χ1v) is 8.74. The van der Waals surface area contributed by atoms with Crippen molar-refractivity contribution < 1.29 is 9.59 Å². The van der Waals surface area contributed by atoms with Crippen LogP contribution in [0.1, 0.15) is 12.0 Å². The van der Waals surface area contributed by atoms with Crippen molar-refractivity contribution in [1.82, 2.24) is 0 Å². The smallest absolute Gasteiger partial charge is 0.229 e. The summed E-state index contributed by atoms with van der Waals surface area (Å²) in [6.07, 6.45) is 0.202. The van der Waals surface area contributed by atoms with Gasteiger partial charge in [-0.1, -0.05) is 39.7 Å². The lowest BCUT2D eigenvalue weighted by Crippen LogP contribution is -2.28. The Bertz CT molecular complexity index is 809. The summed E-state index contributed by atoms with van der Waals surface area (Å²) in [5.41, 5.74) is 2.46. The Balaban J connectivity index is 1.72. The summed E-state index contributed by atoms with van der Waals surface area (Å²) >= 11 is 9.46. The average Bonchev–Trinajstić information content (AvgIpc) is 2.92. The largest absolute Gasteiger partial charge is 0.324 e. The van der Waals surface area contributed by atoms with E-state index in [4.69, 9.17) is 11.6 Å². The molecule has 124 valence electrons. The van der Waals surface area contributed by atoms with Gasteiger partial charge in [-0.25, -0.2) is 0 Å². The molecule has 1 N–H and O–H groups in total. The van der Waals surface area contributed by atoms with Crippen molar-refractivity contribution in [3.8, 4) is 0 Å². The molecule has 6 heteroatoms. The van der Waals surface area contributed by atoms with Gasteiger partial charge in [0.1, 0.15) is 0 Å². The molecule has 1 aliphatic rings. The highest BCUT2D eigenvalue weighted by atomic mass is 79.9. The number of anilines is 2. The number of carbonyl (C=O) groups excluding carboxylic acids is 2. The topological polar surface area (TPSA) is 49.4 Å². The third kappa shape index (κ3) is 3.62. The van der Waals surface area contributed by atoms with Gasteiger partial charge >= 0.3 is 0 Å². The summed E-state index contributed by atoms with van der Waals surface area (Å²) in [6, 6.07) is 13.0. The lowest BCUT2D eigenvalue weighted by atomic mass is 10.1. The van der Waals surface area contributed by atoms with Crippen LogP contribution < -0.4 is 10.2 Å². The Kier molecular flexibility index (Phi) is 4.92. The first-order chi connectivity index (χ1) is 11.4. The molecular weight excluding hydrogens is 392 g/mol. The highest BCUT2D eigenvalue weighted by Gasteiger charge is 2.35. The van der Waals surface area contributed by atoms with E-state index < -0.39 is 5.92 Å². The van der Waals surface area contributed by atoms with Crippen molar-refractivity contribution in [2.24, 2.45) is 5.92 Å². The van der Waals surface area contributed by atoms with Gasteiger partial charge in [0.25, 0.3) is 0 Å². The minimum Gasteiger partial charge on any atom is -0.324 e. The van der Waals surface area contributed by atoms with Crippen molar-refractivity contribution in [3.05, 3.63) is 57.5 Å². The van der Waals surface area contributed by atoms with Gasteiger partial charge in [0, 0.05) is 23.1 Å². The molecule has 4 nitrogen and oxygen atoms in total. The van der Waals surface area contributed by atoms with Crippen LogP contribution >= 0.6 is 27.5 Å². The summed E-state index contributed by atoms with van der Waals surface area (Å²) < 4.78 is 0.840. The minimum absolute atomic E-state index is 0.0392. The van der Waals surface area contributed by atoms with Crippen LogP contribution in [0.5, 0.6) is 0 Å². The van der Waals surface area contributed by atoms with Crippen LogP contribution in [0.4, 0.5) is 11.4 Å². The second kappa shape index (κ2) is 6.95. The average molecular weight is 408 g/mol. The van der Waals surface area contributed by atoms with Crippen LogP contribution in [0.2, 0.25) is 5.02 Å². The number of nitrogens with zero attached hydrogens (tertiary/aromatic N) is 1. The minimum atomic E-state index is -0.391. The van der Waals surface area contributed by atoms with Crippen molar-refractivity contribution in [2.45, 2.75) is 13.3 Å². The molecule has 1 fully saturated rings. The summed E-state index contributed by atoms with van der Waals surface area (Å²) in [5.74, 6) is -0.622. The number of halogens is 2. The molecule has 0 spiro atoms. The second-order valence-corrected chi connectivity index (χ2v) is 7.18. The number of rotatable bonds is 3. The summed E-state index contributed by atoms with van der Waals surface area (Å²) in [6.45, 7) is 2.35. The van der Waals surface area contributed by atoms with E-state index >= 15 is 0 Å². The number of nitrogens with one attached hydrogen (secondary N) is 1. The van der Waals surface area contributed by atoms with Gasteiger partial charge in [0.05, 0.1) is 16.6 Å². The molecule has 0 saturated carbocycles. The molecule has 0 radical (unpaired) electrons. The molecular formula is C18H16BrClN2O2. The lowest BCUT2D eigenvalue weighted by Gasteiger charge is -2.17. The monoisotopic (exact) mass is 406 g/mol. The third-order valence-corrected chi connectivity index (χ3v) is 4.80. The van der Waals surface area contributed by atoms with E-state index in [1.165, 1.54) is 0 Å². The number of amides is 2. The molecule has 0 aromatic heterocycles. The molecule has 1 atom stereocenters. The maximum Gasteiger partial charge on any atom is 0.229 e. The molecule has 2 amide bonds. The molecule has 2 aromatic carbocycles. The Morgan fingerprint density at radius 3 is 2.79 bits per heavy atom.